The summed E-state index contributed by atoms with van der Waals surface area (Å²) < 4.78 is 49.1. The van der Waals surface area contributed by atoms with Crippen LogP contribution in [0.5, 0.6) is 0 Å². The molecule has 2 saturated heterocycles. The van der Waals surface area contributed by atoms with Crippen molar-refractivity contribution in [3.8, 4) is 0 Å². The second kappa shape index (κ2) is 8.26. The van der Waals surface area contributed by atoms with Crippen LogP contribution in [0.2, 0.25) is 0 Å². The Bertz CT molecular complexity index is 569. The molecule has 0 saturated carbocycles. The summed E-state index contributed by atoms with van der Waals surface area (Å²) in [5.74, 6) is 0. The third-order valence-electron chi connectivity index (χ3n) is 4.14. The molecule has 0 amide bonds. The maximum absolute atomic E-state index is 10.6. The van der Waals surface area contributed by atoms with Gasteiger partial charge in [-0.2, -0.15) is 8.42 Å². The number of rotatable bonds is 5. The summed E-state index contributed by atoms with van der Waals surface area (Å²) in [5, 5.41) is 59.1. The molecule has 26 heavy (non-hydrogen) atoms. The topological polar surface area (TPSA) is 213 Å². The Morgan fingerprint density at radius 3 is 2.08 bits per heavy atom. The van der Waals surface area contributed by atoms with E-state index in [1.54, 1.807) is 0 Å². The fourth-order valence-corrected chi connectivity index (χ4v) is 2.95. The second-order valence-corrected chi connectivity index (χ2v) is 7.13. The van der Waals surface area contributed by atoms with E-state index in [2.05, 4.69) is 4.18 Å². The average molecular weight is 406 g/mol. The maximum Gasteiger partial charge on any atom is 0.397 e. The average Bonchev–Trinajstić information content (AvgIpc) is 2.55. The molecule has 0 bridgehead atoms. The zero-order chi connectivity index (χ0) is 19.8. The summed E-state index contributed by atoms with van der Waals surface area (Å²) >= 11 is 0. The van der Waals surface area contributed by atoms with E-state index in [0.29, 0.717) is 0 Å². The Morgan fingerprint density at radius 1 is 0.885 bits per heavy atom. The van der Waals surface area contributed by atoms with Crippen molar-refractivity contribution in [2.45, 2.75) is 68.3 Å². The van der Waals surface area contributed by atoms with Crippen molar-refractivity contribution >= 4 is 10.4 Å². The first-order chi connectivity index (χ1) is 11.9. The van der Waals surface area contributed by atoms with Gasteiger partial charge in [-0.1, -0.05) is 0 Å². The molecule has 7 N–H and O–H groups in total. The lowest BCUT2D eigenvalue weighted by Crippen LogP contribution is -2.64. The van der Waals surface area contributed by atoms with Gasteiger partial charge in [0.2, 0.25) is 0 Å². The monoisotopic (exact) mass is 406 g/mol. The first-order valence-electron chi connectivity index (χ1n) is 7.59. The molecule has 154 valence electrons. The highest BCUT2D eigenvalue weighted by Crippen LogP contribution is 2.28. The summed E-state index contributed by atoms with van der Waals surface area (Å²) in [4.78, 5) is 0. The van der Waals surface area contributed by atoms with E-state index < -0.39 is 78.4 Å². The van der Waals surface area contributed by atoms with Crippen molar-refractivity contribution in [1.82, 2.24) is 0 Å². The lowest BCUT2D eigenvalue weighted by atomic mass is 9.97. The number of aliphatic hydroxyl groups excluding tert-OH is 6. The van der Waals surface area contributed by atoms with Crippen LogP contribution in [-0.2, 0) is 28.8 Å². The standard InChI is InChI=1S/C12H22O13S/c1-3-5(13)7(15)8(16)12(23-3)25-10-6(14)4(2-22-26(19,20)21)24-11(18)9(10)17/h3-18H,2H2,1H3,(H,19,20,21)/t3-,4+,5+,6+,7+,8-,9+,10-,11+,12-/m0/s1. The van der Waals surface area contributed by atoms with E-state index in [1.807, 2.05) is 0 Å². The van der Waals surface area contributed by atoms with E-state index in [0.717, 1.165) is 0 Å². The Hall–Kier alpha value is -0.490. The van der Waals surface area contributed by atoms with Gasteiger partial charge in [0.25, 0.3) is 0 Å². The number of aliphatic hydroxyl groups is 6. The minimum Gasteiger partial charge on any atom is -0.388 e. The summed E-state index contributed by atoms with van der Waals surface area (Å²) in [5.41, 5.74) is 0. The van der Waals surface area contributed by atoms with Crippen LogP contribution >= 0.6 is 0 Å². The molecule has 2 rings (SSSR count). The van der Waals surface area contributed by atoms with Crippen LogP contribution in [0.3, 0.4) is 0 Å². The van der Waals surface area contributed by atoms with Crippen molar-refractivity contribution < 1.29 is 62.0 Å². The summed E-state index contributed by atoms with van der Waals surface area (Å²) in [6, 6.07) is 0. The molecule has 0 aromatic carbocycles. The van der Waals surface area contributed by atoms with Crippen LogP contribution in [-0.4, -0.2) is 112 Å². The van der Waals surface area contributed by atoms with E-state index in [1.165, 1.54) is 6.92 Å². The highest BCUT2D eigenvalue weighted by molar-refractivity contribution is 7.80. The van der Waals surface area contributed by atoms with Crippen LogP contribution in [0, 0.1) is 0 Å². The van der Waals surface area contributed by atoms with Gasteiger partial charge in [-0.05, 0) is 6.92 Å². The third-order valence-corrected chi connectivity index (χ3v) is 4.58. The summed E-state index contributed by atoms with van der Waals surface area (Å²) in [7, 11) is -4.85. The van der Waals surface area contributed by atoms with Gasteiger partial charge in [-0.3, -0.25) is 4.55 Å². The van der Waals surface area contributed by atoms with Crippen molar-refractivity contribution in [3.05, 3.63) is 0 Å². The van der Waals surface area contributed by atoms with Crippen LogP contribution in [0.25, 0.3) is 0 Å². The number of ether oxygens (including phenoxy) is 3. The van der Waals surface area contributed by atoms with Crippen LogP contribution < -0.4 is 0 Å². The van der Waals surface area contributed by atoms with Gasteiger partial charge in [0, 0.05) is 0 Å². The lowest BCUT2D eigenvalue weighted by Gasteiger charge is -2.45. The molecule has 10 atom stereocenters. The van der Waals surface area contributed by atoms with E-state index in [-0.39, 0.29) is 0 Å². The summed E-state index contributed by atoms with van der Waals surface area (Å²) in [6.45, 7) is 0.472. The molecule has 0 unspecified atom stereocenters. The third kappa shape index (κ3) is 4.86. The van der Waals surface area contributed by atoms with Gasteiger partial charge in [-0.25, -0.2) is 4.18 Å². The predicted octanol–water partition coefficient (Wildman–Crippen LogP) is -4.54. The Morgan fingerprint density at radius 2 is 1.50 bits per heavy atom. The first-order valence-corrected chi connectivity index (χ1v) is 8.95. The quantitative estimate of drug-likeness (QED) is 0.215. The molecule has 0 radical (unpaired) electrons. The molecular formula is C12H22O13S. The number of hydrogen-bond donors (Lipinski definition) is 7. The van der Waals surface area contributed by atoms with Gasteiger partial charge >= 0.3 is 10.4 Å². The maximum atomic E-state index is 10.6. The van der Waals surface area contributed by atoms with Crippen LogP contribution in [0.15, 0.2) is 0 Å². The van der Waals surface area contributed by atoms with E-state index in [4.69, 9.17) is 18.8 Å². The molecule has 0 aliphatic carbocycles. The molecule has 14 heteroatoms. The molecule has 2 aliphatic rings. The SMILES string of the molecule is C[C@@H]1O[C@@H](O[C@@H]2[C@@H](O)[C@H](O)O[C@H](COS(=O)(=O)O)[C@H]2O)[C@@H](O)[C@H](O)[C@@H]1O. The highest BCUT2D eigenvalue weighted by atomic mass is 32.3. The lowest BCUT2D eigenvalue weighted by molar-refractivity contribution is -0.352. The van der Waals surface area contributed by atoms with E-state index >= 15 is 0 Å². The minimum atomic E-state index is -4.85. The minimum absolute atomic E-state index is 0.907. The summed E-state index contributed by atoms with van der Waals surface area (Å²) in [6.07, 6.45) is -16.1. The molecule has 2 fully saturated rings. The Labute approximate surface area is 148 Å². The predicted molar refractivity (Wildman–Crippen MR) is 77.6 cm³/mol. The highest BCUT2D eigenvalue weighted by Gasteiger charge is 2.50. The van der Waals surface area contributed by atoms with Gasteiger partial charge in [0.1, 0.15) is 42.7 Å². The fraction of sp³-hybridized carbons (Fsp3) is 1.00. The van der Waals surface area contributed by atoms with Crippen molar-refractivity contribution in [2.24, 2.45) is 0 Å². The Kier molecular flexibility index (Phi) is 6.92. The Balaban J connectivity index is 2.10. The van der Waals surface area contributed by atoms with Crippen LogP contribution in [0.1, 0.15) is 6.92 Å². The molecule has 2 heterocycles. The van der Waals surface area contributed by atoms with Gasteiger partial charge in [0.15, 0.2) is 12.6 Å². The van der Waals surface area contributed by atoms with E-state index in [9.17, 15) is 39.1 Å². The van der Waals surface area contributed by atoms with Crippen LogP contribution in [0.4, 0.5) is 0 Å². The normalized spacial score (nSPS) is 47.7. The van der Waals surface area contributed by atoms with Gasteiger partial charge in [0.05, 0.1) is 12.7 Å². The number of hydrogen-bond acceptors (Lipinski definition) is 12. The molecule has 0 aromatic rings. The zero-order valence-electron chi connectivity index (χ0n) is 13.5. The molecular weight excluding hydrogens is 384 g/mol. The first kappa shape index (κ1) is 21.8. The fourth-order valence-electron chi connectivity index (χ4n) is 2.65. The van der Waals surface area contributed by atoms with Crippen molar-refractivity contribution in [3.63, 3.8) is 0 Å². The smallest absolute Gasteiger partial charge is 0.388 e. The second-order valence-electron chi connectivity index (χ2n) is 6.04. The van der Waals surface area contributed by atoms with Crippen molar-refractivity contribution in [1.29, 1.82) is 0 Å². The zero-order valence-corrected chi connectivity index (χ0v) is 14.3. The van der Waals surface area contributed by atoms with Gasteiger partial charge in [-0.15, -0.1) is 0 Å². The van der Waals surface area contributed by atoms with Crippen molar-refractivity contribution in [2.75, 3.05) is 6.61 Å². The molecule has 0 spiro atoms. The molecule has 13 nitrogen and oxygen atoms in total. The largest absolute Gasteiger partial charge is 0.397 e. The molecule has 2 aliphatic heterocycles. The molecule has 0 aromatic heterocycles. The van der Waals surface area contributed by atoms with Gasteiger partial charge < -0.3 is 44.8 Å².